The van der Waals surface area contributed by atoms with E-state index in [2.05, 4.69) is 15.4 Å². The summed E-state index contributed by atoms with van der Waals surface area (Å²) in [4.78, 5) is 18.5. The summed E-state index contributed by atoms with van der Waals surface area (Å²) in [5, 5.41) is 8.05. The minimum Gasteiger partial charge on any atom is -0.375 e. The van der Waals surface area contributed by atoms with Crippen LogP contribution in [-0.2, 0) is 9.53 Å². The van der Waals surface area contributed by atoms with E-state index < -0.39 is 0 Å². The molecular formula is C20H23N5O2. The molecule has 0 atom stereocenters. The van der Waals surface area contributed by atoms with Crippen molar-refractivity contribution in [3.8, 4) is 0 Å². The van der Waals surface area contributed by atoms with Gasteiger partial charge in [0, 0.05) is 31.8 Å². The Bertz CT molecular complexity index is 917. The maximum absolute atomic E-state index is 11.9. The van der Waals surface area contributed by atoms with E-state index in [0.29, 0.717) is 0 Å². The predicted octanol–water partition coefficient (Wildman–Crippen LogP) is 2.83. The van der Waals surface area contributed by atoms with E-state index in [1.54, 1.807) is 7.11 Å². The van der Waals surface area contributed by atoms with Crippen molar-refractivity contribution in [1.29, 1.82) is 0 Å². The molecule has 1 saturated heterocycles. The SMILES string of the molecule is COCC(=O)N1CCC(c2nc3ccc(Nc4ccccc4)cn3n2)CC1. The summed E-state index contributed by atoms with van der Waals surface area (Å²) >= 11 is 0. The topological polar surface area (TPSA) is 71.8 Å². The fourth-order valence-corrected chi connectivity index (χ4v) is 3.44. The Balaban J connectivity index is 1.45. The molecule has 3 heterocycles. The Labute approximate surface area is 158 Å². The quantitative estimate of drug-likeness (QED) is 0.753. The third-order valence-electron chi connectivity index (χ3n) is 4.89. The van der Waals surface area contributed by atoms with Gasteiger partial charge in [0.2, 0.25) is 5.91 Å². The first kappa shape index (κ1) is 17.5. The second kappa shape index (κ2) is 7.75. The molecule has 140 valence electrons. The summed E-state index contributed by atoms with van der Waals surface area (Å²) < 4.78 is 6.76. The summed E-state index contributed by atoms with van der Waals surface area (Å²) in [6.45, 7) is 1.60. The van der Waals surface area contributed by atoms with Gasteiger partial charge in [0.25, 0.3) is 0 Å². The maximum atomic E-state index is 11.9. The lowest BCUT2D eigenvalue weighted by Gasteiger charge is -2.30. The van der Waals surface area contributed by atoms with Crippen molar-refractivity contribution in [2.75, 3.05) is 32.1 Å². The Morgan fingerprint density at radius 1 is 1.15 bits per heavy atom. The summed E-state index contributed by atoms with van der Waals surface area (Å²) in [6.07, 6.45) is 3.71. The van der Waals surface area contributed by atoms with E-state index in [9.17, 15) is 4.79 Å². The van der Waals surface area contributed by atoms with Crippen LogP contribution < -0.4 is 5.32 Å². The molecule has 7 nitrogen and oxygen atoms in total. The highest BCUT2D eigenvalue weighted by atomic mass is 16.5. The van der Waals surface area contributed by atoms with Gasteiger partial charge in [-0.25, -0.2) is 9.50 Å². The Hall–Kier alpha value is -2.93. The highest BCUT2D eigenvalue weighted by molar-refractivity contribution is 5.77. The van der Waals surface area contributed by atoms with Crippen LogP contribution in [-0.4, -0.2) is 52.2 Å². The van der Waals surface area contributed by atoms with Crippen molar-refractivity contribution in [2.45, 2.75) is 18.8 Å². The van der Waals surface area contributed by atoms with Crippen LogP contribution in [0, 0.1) is 0 Å². The molecule has 1 aliphatic heterocycles. The van der Waals surface area contributed by atoms with Gasteiger partial charge in [-0.1, -0.05) is 18.2 Å². The monoisotopic (exact) mass is 365 g/mol. The van der Waals surface area contributed by atoms with Crippen LogP contribution in [0.15, 0.2) is 48.7 Å². The Kier molecular flexibility index (Phi) is 5.02. The largest absolute Gasteiger partial charge is 0.375 e. The average molecular weight is 365 g/mol. The number of carbonyl (C=O) groups is 1. The maximum Gasteiger partial charge on any atom is 0.248 e. The first-order valence-corrected chi connectivity index (χ1v) is 9.18. The van der Waals surface area contributed by atoms with Crippen molar-refractivity contribution in [3.05, 3.63) is 54.5 Å². The van der Waals surface area contributed by atoms with E-state index in [1.807, 2.05) is 58.1 Å². The van der Waals surface area contributed by atoms with Crippen LogP contribution in [0.25, 0.3) is 5.65 Å². The summed E-state index contributed by atoms with van der Waals surface area (Å²) in [5.41, 5.74) is 2.83. The van der Waals surface area contributed by atoms with Crippen LogP contribution in [0.3, 0.4) is 0 Å². The summed E-state index contributed by atoms with van der Waals surface area (Å²) in [6, 6.07) is 14.0. The van der Waals surface area contributed by atoms with E-state index >= 15 is 0 Å². The molecule has 3 aromatic rings. The van der Waals surface area contributed by atoms with Gasteiger partial charge in [-0.15, -0.1) is 0 Å². The molecule has 0 saturated carbocycles. The van der Waals surface area contributed by atoms with Crippen molar-refractivity contribution in [1.82, 2.24) is 19.5 Å². The van der Waals surface area contributed by atoms with Crippen LogP contribution in [0.1, 0.15) is 24.6 Å². The van der Waals surface area contributed by atoms with Gasteiger partial charge in [0.05, 0.1) is 11.9 Å². The Morgan fingerprint density at radius 2 is 1.93 bits per heavy atom. The van der Waals surface area contributed by atoms with Gasteiger partial charge >= 0.3 is 0 Å². The van der Waals surface area contributed by atoms with Gasteiger partial charge in [0.15, 0.2) is 11.5 Å². The molecule has 0 bridgehead atoms. The molecule has 2 aromatic heterocycles. The van der Waals surface area contributed by atoms with Crippen LogP contribution >= 0.6 is 0 Å². The number of benzene rings is 1. The lowest BCUT2D eigenvalue weighted by Crippen LogP contribution is -2.39. The zero-order valence-corrected chi connectivity index (χ0v) is 15.3. The minimum atomic E-state index is 0.0514. The molecule has 0 aliphatic carbocycles. The molecule has 1 aromatic carbocycles. The van der Waals surface area contributed by atoms with Gasteiger partial charge in [-0.3, -0.25) is 4.79 Å². The number of fused-ring (bicyclic) bond motifs is 1. The minimum absolute atomic E-state index is 0.0514. The number of likely N-dealkylation sites (tertiary alicyclic amines) is 1. The molecule has 1 fully saturated rings. The highest BCUT2D eigenvalue weighted by Crippen LogP contribution is 2.26. The molecular weight excluding hydrogens is 342 g/mol. The zero-order chi connectivity index (χ0) is 18.6. The third-order valence-corrected chi connectivity index (χ3v) is 4.89. The first-order chi connectivity index (χ1) is 13.2. The first-order valence-electron chi connectivity index (χ1n) is 9.18. The number of amides is 1. The second-order valence-electron chi connectivity index (χ2n) is 6.77. The molecule has 7 heteroatoms. The number of pyridine rings is 1. The van der Waals surface area contributed by atoms with Gasteiger partial charge in [-0.2, -0.15) is 5.10 Å². The molecule has 1 N–H and O–H groups in total. The molecule has 4 rings (SSSR count). The zero-order valence-electron chi connectivity index (χ0n) is 15.3. The summed E-state index contributed by atoms with van der Waals surface area (Å²) in [7, 11) is 1.55. The van der Waals surface area contributed by atoms with Crippen molar-refractivity contribution in [3.63, 3.8) is 0 Å². The number of aromatic nitrogens is 3. The van der Waals surface area contributed by atoms with Crippen LogP contribution in [0.2, 0.25) is 0 Å². The van der Waals surface area contributed by atoms with Gasteiger partial charge in [-0.05, 0) is 37.1 Å². The molecule has 1 aliphatic rings. The molecule has 1 amide bonds. The van der Waals surface area contributed by atoms with Crippen molar-refractivity contribution >= 4 is 22.9 Å². The van der Waals surface area contributed by atoms with E-state index in [4.69, 9.17) is 4.74 Å². The normalized spacial score (nSPS) is 15.2. The predicted molar refractivity (Wildman–Crippen MR) is 103 cm³/mol. The molecule has 0 unspecified atom stereocenters. The molecule has 27 heavy (non-hydrogen) atoms. The second-order valence-corrected chi connectivity index (χ2v) is 6.77. The third kappa shape index (κ3) is 3.93. The number of rotatable bonds is 5. The number of nitrogens with zero attached hydrogens (tertiary/aromatic N) is 4. The van der Waals surface area contributed by atoms with E-state index in [1.165, 1.54) is 0 Å². The smallest absolute Gasteiger partial charge is 0.248 e. The highest BCUT2D eigenvalue weighted by Gasteiger charge is 2.26. The number of ether oxygens (including phenoxy) is 1. The van der Waals surface area contributed by atoms with Crippen LogP contribution in [0.5, 0.6) is 0 Å². The fourth-order valence-electron chi connectivity index (χ4n) is 3.44. The average Bonchev–Trinajstić information content (AvgIpc) is 3.12. The number of carbonyl (C=O) groups excluding carboxylic acids is 1. The van der Waals surface area contributed by atoms with Gasteiger partial charge in [0.1, 0.15) is 6.61 Å². The lowest BCUT2D eigenvalue weighted by molar-refractivity contribution is -0.136. The Morgan fingerprint density at radius 3 is 2.67 bits per heavy atom. The van der Waals surface area contributed by atoms with E-state index in [0.717, 1.165) is 48.8 Å². The number of hydrogen-bond acceptors (Lipinski definition) is 5. The van der Waals surface area contributed by atoms with E-state index in [-0.39, 0.29) is 18.4 Å². The lowest BCUT2D eigenvalue weighted by atomic mass is 9.96. The number of anilines is 2. The molecule has 0 radical (unpaired) electrons. The summed E-state index contributed by atoms with van der Waals surface area (Å²) in [5.74, 6) is 1.18. The van der Waals surface area contributed by atoms with Gasteiger partial charge < -0.3 is 15.0 Å². The van der Waals surface area contributed by atoms with Crippen LogP contribution in [0.4, 0.5) is 11.4 Å². The standard InChI is InChI=1S/C20H23N5O2/c1-27-14-19(26)24-11-9-15(10-12-24)20-22-18-8-7-17(13-25(18)23-20)21-16-5-3-2-4-6-16/h2-8,13,15,21H,9-12,14H2,1H3. The fraction of sp³-hybridized carbons (Fsp3) is 0.350. The van der Waals surface area contributed by atoms with Crippen molar-refractivity contribution in [2.24, 2.45) is 0 Å². The molecule has 0 spiro atoms. The number of piperidine rings is 1. The number of para-hydroxylation sites is 1. The van der Waals surface area contributed by atoms with Crippen molar-refractivity contribution < 1.29 is 9.53 Å². The number of hydrogen-bond donors (Lipinski definition) is 1. The number of methoxy groups -OCH3 is 1. The number of nitrogens with one attached hydrogen (secondary N) is 1.